The first-order valence-electron chi connectivity index (χ1n) is 6.50. The highest BCUT2D eigenvalue weighted by Crippen LogP contribution is 2.29. The van der Waals surface area contributed by atoms with Crippen molar-refractivity contribution in [2.45, 2.75) is 11.3 Å². The molecular weight excluding hydrogens is 328 g/mol. The molecule has 0 heterocycles. The van der Waals surface area contributed by atoms with E-state index in [1.807, 2.05) is 0 Å². The van der Waals surface area contributed by atoms with Crippen molar-refractivity contribution in [1.82, 2.24) is 10.0 Å². The van der Waals surface area contributed by atoms with Gasteiger partial charge >= 0.3 is 5.97 Å². The molecule has 0 radical (unpaired) electrons. The van der Waals surface area contributed by atoms with Gasteiger partial charge in [0, 0.05) is 19.0 Å². The van der Waals surface area contributed by atoms with E-state index in [1.165, 1.54) is 32.4 Å². The second-order valence-corrected chi connectivity index (χ2v) is 6.10. The molecule has 10 heteroatoms. The number of hydrogen-bond donors (Lipinski definition) is 3. The predicted molar refractivity (Wildman–Crippen MR) is 80.0 cm³/mol. The van der Waals surface area contributed by atoms with Crippen molar-refractivity contribution in [3.05, 3.63) is 18.2 Å². The number of carboxylic acid groups (broad SMARTS) is 1. The van der Waals surface area contributed by atoms with Crippen LogP contribution < -0.4 is 19.5 Å². The number of methoxy groups -OCH3 is 2. The summed E-state index contributed by atoms with van der Waals surface area (Å²) < 4.78 is 36.5. The van der Waals surface area contributed by atoms with Crippen molar-refractivity contribution in [3.8, 4) is 11.5 Å². The molecule has 1 rings (SSSR count). The van der Waals surface area contributed by atoms with Crippen molar-refractivity contribution in [2.75, 3.05) is 27.3 Å². The van der Waals surface area contributed by atoms with Crippen LogP contribution in [0.5, 0.6) is 11.5 Å². The number of carboxylic acids is 1. The van der Waals surface area contributed by atoms with Crippen LogP contribution in [0.1, 0.15) is 6.42 Å². The van der Waals surface area contributed by atoms with Crippen molar-refractivity contribution < 1.29 is 32.6 Å². The van der Waals surface area contributed by atoms with E-state index in [1.54, 1.807) is 0 Å². The molecule has 0 spiro atoms. The van der Waals surface area contributed by atoms with Gasteiger partial charge in [0.2, 0.25) is 15.9 Å². The Morgan fingerprint density at radius 3 is 2.39 bits per heavy atom. The molecule has 128 valence electrons. The fourth-order valence-electron chi connectivity index (χ4n) is 1.63. The summed E-state index contributed by atoms with van der Waals surface area (Å²) in [5, 5.41) is 10.5. The first-order chi connectivity index (χ1) is 10.8. The summed E-state index contributed by atoms with van der Waals surface area (Å²) in [6.07, 6.45) is -0.181. The summed E-state index contributed by atoms with van der Waals surface area (Å²) in [5.74, 6) is -1.10. The summed E-state index contributed by atoms with van der Waals surface area (Å²) in [4.78, 5) is 21.6. The van der Waals surface area contributed by atoms with Gasteiger partial charge in [0.25, 0.3) is 0 Å². The van der Waals surface area contributed by atoms with E-state index in [0.717, 1.165) is 0 Å². The molecule has 0 aromatic heterocycles. The molecule has 0 aliphatic heterocycles. The highest BCUT2D eigenvalue weighted by atomic mass is 32.2. The number of carbonyl (C=O) groups is 2. The van der Waals surface area contributed by atoms with Gasteiger partial charge in [-0.05, 0) is 12.1 Å². The lowest BCUT2D eigenvalue weighted by Gasteiger charge is -2.11. The molecule has 3 N–H and O–H groups in total. The van der Waals surface area contributed by atoms with Crippen LogP contribution in [-0.2, 0) is 19.6 Å². The Morgan fingerprint density at radius 1 is 1.17 bits per heavy atom. The summed E-state index contributed by atoms with van der Waals surface area (Å²) in [6, 6.07) is 4.09. The number of carbonyl (C=O) groups excluding carboxylic acids is 1. The zero-order valence-corrected chi connectivity index (χ0v) is 13.5. The lowest BCUT2D eigenvalue weighted by molar-refractivity contribution is -0.137. The molecule has 0 aliphatic carbocycles. The van der Waals surface area contributed by atoms with Gasteiger partial charge in [0.05, 0.1) is 19.1 Å². The summed E-state index contributed by atoms with van der Waals surface area (Å²) in [7, 11) is -1.01. The van der Waals surface area contributed by atoms with Gasteiger partial charge in [-0.2, -0.15) is 0 Å². The van der Waals surface area contributed by atoms with E-state index in [4.69, 9.17) is 14.6 Å². The Kier molecular flexibility index (Phi) is 6.79. The van der Waals surface area contributed by atoms with Crippen LogP contribution in [0.15, 0.2) is 23.1 Å². The monoisotopic (exact) mass is 346 g/mol. The van der Waals surface area contributed by atoms with E-state index < -0.39 is 28.4 Å². The third-order valence-corrected chi connectivity index (χ3v) is 4.20. The standard InChI is InChI=1S/C13H18N2O7S/c1-21-10-4-3-9(7-11(10)22-2)23(19,20)15-6-5-12(16)14-8-13(17)18/h3-4,7,15H,5-6,8H2,1-2H3,(H,14,16)(H,17,18). The third kappa shape index (κ3) is 5.75. The van der Waals surface area contributed by atoms with Crippen molar-refractivity contribution in [2.24, 2.45) is 0 Å². The zero-order chi connectivity index (χ0) is 17.5. The zero-order valence-electron chi connectivity index (χ0n) is 12.7. The number of nitrogens with one attached hydrogen (secondary N) is 2. The SMILES string of the molecule is COc1ccc(S(=O)(=O)NCCC(=O)NCC(=O)O)cc1OC. The second-order valence-electron chi connectivity index (χ2n) is 4.34. The van der Waals surface area contributed by atoms with Crippen LogP contribution in [-0.4, -0.2) is 52.7 Å². The Hall–Kier alpha value is -2.33. The molecular formula is C13H18N2O7S. The third-order valence-electron chi connectivity index (χ3n) is 2.75. The predicted octanol–water partition coefficient (Wildman–Crippen LogP) is -0.427. The number of amides is 1. The minimum Gasteiger partial charge on any atom is -0.493 e. The normalized spacial score (nSPS) is 10.9. The van der Waals surface area contributed by atoms with Crippen molar-refractivity contribution in [3.63, 3.8) is 0 Å². The lowest BCUT2D eigenvalue weighted by Crippen LogP contribution is -2.33. The highest BCUT2D eigenvalue weighted by molar-refractivity contribution is 7.89. The molecule has 0 bridgehead atoms. The maximum atomic E-state index is 12.1. The number of ether oxygens (including phenoxy) is 2. The van der Waals surface area contributed by atoms with Crippen molar-refractivity contribution >= 4 is 21.9 Å². The first-order valence-corrected chi connectivity index (χ1v) is 7.98. The number of sulfonamides is 1. The Bertz CT molecular complexity index is 673. The molecule has 1 aromatic carbocycles. The minimum absolute atomic E-state index is 0.0407. The topological polar surface area (TPSA) is 131 Å². The molecule has 9 nitrogen and oxygen atoms in total. The fraction of sp³-hybridized carbons (Fsp3) is 0.385. The average Bonchev–Trinajstić information content (AvgIpc) is 2.51. The quantitative estimate of drug-likeness (QED) is 0.553. The maximum Gasteiger partial charge on any atom is 0.322 e. The number of benzene rings is 1. The largest absolute Gasteiger partial charge is 0.493 e. The van der Waals surface area contributed by atoms with Crippen LogP contribution in [0.2, 0.25) is 0 Å². The number of hydrogen-bond acceptors (Lipinski definition) is 6. The Labute approximate surface area is 133 Å². The molecule has 23 heavy (non-hydrogen) atoms. The van der Waals surface area contributed by atoms with Crippen LogP contribution in [0.3, 0.4) is 0 Å². The second kappa shape index (κ2) is 8.34. The fourth-order valence-corrected chi connectivity index (χ4v) is 2.68. The molecule has 0 atom stereocenters. The van der Waals surface area contributed by atoms with Crippen LogP contribution in [0, 0.1) is 0 Å². The molecule has 0 saturated carbocycles. The lowest BCUT2D eigenvalue weighted by atomic mass is 10.3. The van der Waals surface area contributed by atoms with Gasteiger partial charge in [0.1, 0.15) is 6.54 Å². The Morgan fingerprint density at radius 2 is 1.83 bits per heavy atom. The molecule has 0 aliphatic rings. The summed E-state index contributed by atoms with van der Waals surface area (Å²) >= 11 is 0. The summed E-state index contributed by atoms with van der Waals surface area (Å²) in [5.41, 5.74) is 0. The first kappa shape index (κ1) is 18.7. The van der Waals surface area contributed by atoms with E-state index in [2.05, 4.69) is 10.0 Å². The molecule has 1 amide bonds. The van der Waals surface area contributed by atoms with Crippen LogP contribution >= 0.6 is 0 Å². The molecule has 0 saturated heterocycles. The van der Waals surface area contributed by atoms with Crippen LogP contribution in [0.25, 0.3) is 0 Å². The molecule has 1 aromatic rings. The number of rotatable bonds is 9. The molecule has 0 unspecified atom stereocenters. The van der Waals surface area contributed by atoms with Gasteiger partial charge < -0.3 is 19.9 Å². The minimum atomic E-state index is -3.83. The summed E-state index contributed by atoms with van der Waals surface area (Å²) in [6.45, 7) is -0.677. The van der Waals surface area contributed by atoms with E-state index >= 15 is 0 Å². The maximum absolute atomic E-state index is 12.1. The van der Waals surface area contributed by atoms with E-state index in [-0.39, 0.29) is 23.6 Å². The van der Waals surface area contributed by atoms with Gasteiger partial charge in [-0.25, -0.2) is 13.1 Å². The van der Waals surface area contributed by atoms with Gasteiger partial charge in [-0.15, -0.1) is 0 Å². The van der Waals surface area contributed by atoms with E-state index in [9.17, 15) is 18.0 Å². The van der Waals surface area contributed by atoms with Gasteiger partial charge in [-0.1, -0.05) is 0 Å². The number of aliphatic carboxylic acids is 1. The van der Waals surface area contributed by atoms with Crippen molar-refractivity contribution in [1.29, 1.82) is 0 Å². The van der Waals surface area contributed by atoms with Gasteiger partial charge in [0.15, 0.2) is 11.5 Å². The molecule has 0 fully saturated rings. The van der Waals surface area contributed by atoms with Crippen LogP contribution in [0.4, 0.5) is 0 Å². The van der Waals surface area contributed by atoms with E-state index in [0.29, 0.717) is 5.75 Å². The van der Waals surface area contributed by atoms with Gasteiger partial charge in [-0.3, -0.25) is 9.59 Å². The Balaban J connectivity index is 2.66. The highest BCUT2D eigenvalue weighted by Gasteiger charge is 2.17. The average molecular weight is 346 g/mol. The smallest absolute Gasteiger partial charge is 0.322 e.